The number of benzene rings is 1. The molecule has 2 N–H and O–H groups in total. The van der Waals surface area contributed by atoms with Crippen LogP contribution < -0.4 is 20.1 Å². The van der Waals surface area contributed by atoms with Crippen molar-refractivity contribution in [2.45, 2.75) is 12.8 Å². The van der Waals surface area contributed by atoms with Crippen LogP contribution >= 0.6 is 0 Å². The van der Waals surface area contributed by atoms with Gasteiger partial charge in [0.25, 0.3) is 0 Å². The molecular weight excluding hydrogens is 216 g/mol. The van der Waals surface area contributed by atoms with Gasteiger partial charge in [-0.2, -0.15) is 0 Å². The Balaban J connectivity index is 2.78. The number of methoxy groups -OCH3 is 2. The fourth-order valence-corrected chi connectivity index (χ4v) is 1.71. The Bertz CT molecular complexity index is 342. The first-order valence-corrected chi connectivity index (χ1v) is 5.86. The second-order valence-corrected chi connectivity index (χ2v) is 3.96. The van der Waals surface area contributed by atoms with E-state index < -0.39 is 0 Å². The van der Waals surface area contributed by atoms with Gasteiger partial charge in [0, 0.05) is 19.7 Å². The molecule has 1 aromatic carbocycles. The third kappa shape index (κ3) is 3.82. The maximum absolute atomic E-state index is 5.49. The van der Waals surface area contributed by atoms with Crippen LogP contribution in [0, 0.1) is 0 Å². The van der Waals surface area contributed by atoms with Crippen LogP contribution in [-0.2, 0) is 0 Å². The molecule has 4 nitrogen and oxygen atoms in total. The van der Waals surface area contributed by atoms with Crippen LogP contribution in [0.25, 0.3) is 0 Å². The van der Waals surface area contributed by atoms with Crippen LogP contribution in [0.1, 0.15) is 12.8 Å². The van der Waals surface area contributed by atoms with E-state index >= 15 is 0 Å². The molecule has 0 saturated carbocycles. The molecule has 0 aliphatic rings. The Kier molecular flexibility index (Phi) is 5.63. The zero-order valence-electron chi connectivity index (χ0n) is 10.9. The predicted molar refractivity (Wildman–Crippen MR) is 71.1 cm³/mol. The second-order valence-electron chi connectivity index (χ2n) is 3.96. The lowest BCUT2D eigenvalue weighted by molar-refractivity contribution is 0.403. The highest BCUT2D eigenvalue weighted by Gasteiger charge is 2.09. The largest absolute Gasteiger partial charge is 0.497 e. The maximum Gasteiger partial charge on any atom is 0.142 e. The van der Waals surface area contributed by atoms with E-state index in [9.17, 15) is 0 Å². The van der Waals surface area contributed by atoms with Crippen LogP contribution in [0.5, 0.6) is 11.5 Å². The molecule has 0 spiro atoms. The van der Waals surface area contributed by atoms with Crippen LogP contribution in [0.4, 0.5) is 5.69 Å². The zero-order chi connectivity index (χ0) is 12.7. The van der Waals surface area contributed by atoms with E-state index in [1.165, 1.54) is 0 Å². The lowest BCUT2D eigenvalue weighted by Crippen LogP contribution is -2.20. The molecule has 0 aliphatic heterocycles. The van der Waals surface area contributed by atoms with E-state index in [4.69, 9.17) is 15.2 Å². The van der Waals surface area contributed by atoms with Gasteiger partial charge in [-0.05, 0) is 31.5 Å². The lowest BCUT2D eigenvalue weighted by atomic mass is 10.2. The highest BCUT2D eigenvalue weighted by Crippen LogP contribution is 2.31. The van der Waals surface area contributed by atoms with Crippen molar-refractivity contribution in [3.05, 3.63) is 18.2 Å². The molecule has 0 amide bonds. The average Bonchev–Trinajstić information content (AvgIpc) is 2.38. The van der Waals surface area contributed by atoms with Gasteiger partial charge in [0.2, 0.25) is 0 Å². The van der Waals surface area contributed by atoms with Crippen LogP contribution in [-0.4, -0.2) is 34.4 Å². The van der Waals surface area contributed by atoms with Gasteiger partial charge in [-0.25, -0.2) is 0 Å². The van der Waals surface area contributed by atoms with Crippen molar-refractivity contribution in [2.75, 3.05) is 39.3 Å². The minimum absolute atomic E-state index is 0.739. The number of hydrogen-bond acceptors (Lipinski definition) is 4. The maximum atomic E-state index is 5.49. The number of hydrogen-bond donors (Lipinski definition) is 1. The number of ether oxygens (including phenoxy) is 2. The normalized spacial score (nSPS) is 10.1. The van der Waals surface area contributed by atoms with Crippen LogP contribution in [0.15, 0.2) is 18.2 Å². The van der Waals surface area contributed by atoms with Gasteiger partial charge in [-0.1, -0.05) is 0 Å². The first-order valence-electron chi connectivity index (χ1n) is 5.86. The molecule has 0 saturated heterocycles. The van der Waals surface area contributed by atoms with Crippen molar-refractivity contribution in [3.63, 3.8) is 0 Å². The van der Waals surface area contributed by atoms with Crippen molar-refractivity contribution < 1.29 is 9.47 Å². The molecule has 0 atom stereocenters. The van der Waals surface area contributed by atoms with E-state index in [1.807, 2.05) is 25.2 Å². The monoisotopic (exact) mass is 238 g/mol. The standard InChI is InChI=1S/C13H22N2O2/c1-15(9-5-4-8-14)12-10-11(16-2)6-7-13(12)17-3/h6-7,10H,4-5,8-9,14H2,1-3H3. The quantitative estimate of drug-likeness (QED) is 0.737. The summed E-state index contributed by atoms with van der Waals surface area (Å²) >= 11 is 0. The molecule has 0 unspecified atom stereocenters. The molecule has 96 valence electrons. The molecule has 1 aromatic rings. The summed E-state index contributed by atoms with van der Waals surface area (Å²) in [6.07, 6.45) is 2.12. The van der Waals surface area contributed by atoms with Crippen molar-refractivity contribution >= 4 is 5.69 Å². The van der Waals surface area contributed by atoms with Crippen LogP contribution in [0.2, 0.25) is 0 Å². The smallest absolute Gasteiger partial charge is 0.142 e. The number of nitrogens with two attached hydrogens (primary N) is 1. The molecule has 0 radical (unpaired) electrons. The number of unbranched alkanes of at least 4 members (excludes halogenated alkanes) is 1. The molecule has 0 bridgehead atoms. The van der Waals surface area contributed by atoms with Crippen molar-refractivity contribution in [2.24, 2.45) is 5.73 Å². The minimum Gasteiger partial charge on any atom is -0.497 e. The van der Waals surface area contributed by atoms with Crippen molar-refractivity contribution in [1.82, 2.24) is 0 Å². The molecule has 4 heteroatoms. The van der Waals surface area contributed by atoms with E-state index in [2.05, 4.69) is 4.90 Å². The summed E-state index contributed by atoms with van der Waals surface area (Å²) in [6, 6.07) is 5.81. The van der Waals surface area contributed by atoms with Crippen molar-refractivity contribution in [3.8, 4) is 11.5 Å². The van der Waals surface area contributed by atoms with Gasteiger partial charge in [0.15, 0.2) is 0 Å². The van der Waals surface area contributed by atoms with Gasteiger partial charge in [-0.15, -0.1) is 0 Å². The summed E-state index contributed by atoms with van der Waals surface area (Å²) in [5, 5.41) is 0. The van der Waals surface area contributed by atoms with E-state index in [0.29, 0.717) is 0 Å². The summed E-state index contributed by atoms with van der Waals surface area (Å²) in [4.78, 5) is 2.16. The van der Waals surface area contributed by atoms with Crippen molar-refractivity contribution in [1.29, 1.82) is 0 Å². The number of nitrogens with zero attached hydrogens (tertiary/aromatic N) is 1. The van der Waals surface area contributed by atoms with E-state index in [1.54, 1.807) is 14.2 Å². The molecular formula is C13H22N2O2. The second kappa shape index (κ2) is 7.01. The van der Waals surface area contributed by atoms with E-state index in [-0.39, 0.29) is 0 Å². The predicted octanol–water partition coefficient (Wildman–Crippen LogP) is 1.88. The zero-order valence-corrected chi connectivity index (χ0v) is 10.9. The highest BCUT2D eigenvalue weighted by molar-refractivity contribution is 5.61. The Morgan fingerprint density at radius 1 is 1.18 bits per heavy atom. The van der Waals surface area contributed by atoms with Crippen LogP contribution in [0.3, 0.4) is 0 Å². The summed E-state index contributed by atoms with van der Waals surface area (Å²) in [6.45, 7) is 1.70. The highest BCUT2D eigenvalue weighted by atomic mass is 16.5. The summed E-state index contributed by atoms with van der Waals surface area (Å²) in [5.74, 6) is 1.70. The van der Waals surface area contributed by atoms with Gasteiger partial charge < -0.3 is 20.1 Å². The summed E-state index contributed by atoms with van der Waals surface area (Å²) < 4.78 is 10.6. The summed E-state index contributed by atoms with van der Waals surface area (Å²) in [7, 11) is 5.40. The first kappa shape index (κ1) is 13.6. The molecule has 0 heterocycles. The summed E-state index contributed by atoms with van der Waals surface area (Å²) in [5.41, 5.74) is 6.54. The van der Waals surface area contributed by atoms with Gasteiger partial charge in [-0.3, -0.25) is 0 Å². The fraction of sp³-hybridized carbons (Fsp3) is 0.538. The lowest BCUT2D eigenvalue weighted by Gasteiger charge is -2.22. The number of anilines is 1. The Labute approximate surface area is 103 Å². The first-order chi connectivity index (χ1) is 8.22. The Morgan fingerprint density at radius 2 is 1.94 bits per heavy atom. The minimum atomic E-state index is 0.739. The van der Waals surface area contributed by atoms with Gasteiger partial charge in [0.05, 0.1) is 19.9 Å². The Hall–Kier alpha value is -1.42. The Morgan fingerprint density at radius 3 is 2.53 bits per heavy atom. The molecule has 0 fully saturated rings. The molecule has 1 rings (SSSR count). The molecule has 17 heavy (non-hydrogen) atoms. The third-order valence-electron chi connectivity index (χ3n) is 2.74. The van der Waals surface area contributed by atoms with E-state index in [0.717, 1.165) is 43.1 Å². The third-order valence-corrected chi connectivity index (χ3v) is 2.74. The topological polar surface area (TPSA) is 47.7 Å². The molecule has 0 aromatic heterocycles. The van der Waals surface area contributed by atoms with Gasteiger partial charge >= 0.3 is 0 Å². The average molecular weight is 238 g/mol. The fourth-order valence-electron chi connectivity index (χ4n) is 1.71. The molecule has 0 aliphatic carbocycles. The number of rotatable bonds is 7. The van der Waals surface area contributed by atoms with Gasteiger partial charge in [0.1, 0.15) is 11.5 Å². The SMILES string of the molecule is COc1ccc(OC)c(N(C)CCCCN)c1.